The fourth-order valence-corrected chi connectivity index (χ4v) is 4.06. The molecule has 0 atom stereocenters. The number of fused-ring (bicyclic) bond motifs is 1. The molecule has 168 valence electrons. The molecule has 3 aromatic carbocycles. The highest BCUT2D eigenvalue weighted by atomic mass is 16.2. The molecule has 5 heteroatoms. The molecule has 5 nitrogen and oxygen atoms in total. The molecule has 0 saturated heterocycles. The van der Waals surface area contributed by atoms with Crippen LogP contribution in [0.1, 0.15) is 47.8 Å². The molecular weight excluding hydrogens is 410 g/mol. The van der Waals surface area contributed by atoms with Crippen molar-refractivity contribution in [2.45, 2.75) is 27.3 Å². The van der Waals surface area contributed by atoms with Crippen molar-refractivity contribution in [1.82, 2.24) is 4.90 Å². The van der Waals surface area contributed by atoms with Gasteiger partial charge in [0.2, 0.25) is 0 Å². The molecule has 1 aliphatic rings. The summed E-state index contributed by atoms with van der Waals surface area (Å²) in [6.07, 6.45) is 0. The van der Waals surface area contributed by atoms with E-state index in [9.17, 15) is 9.59 Å². The molecule has 1 amide bonds. The van der Waals surface area contributed by atoms with E-state index in [0.29, 0.717) is 22.5 Å². The third-order valence-electron chi connectivity index (χ3n) is 6.01. The van der Waals surface area contributed by atoms with Gasteiger partial charge in [-0.2, -0.15) is 0 Å². The Morgan fingerprint density at radius 1 is 0.909 bits per heavy atom. The highest BCUT2D eigenvalue weighted by Gasteiger charge is 2.29. The van der Waals surface area contributed by atoms with Gasteiger partial charge in [-0.1, -0.05) is 56.3 Å². The van der Waals surface area contributed by atoms with Gasteiger partial charge in [-0.05, 0) is 61.5 Å². The van der Waals surface area contributed by atoms with Gasteiger partial charge in [0.25, 0.3) is 5.91 Å². The van der Waals surface area contributed by atoms with Crippen LogP contribution in [0.25, 0.3) is 11.3 Å². The van der Waals surface area contributed by atoms with E-state index >= 15 is 0 Å². The van der Waals surface area contributed by atoms with E-state index in [4.69, 9.17) is 0 Å². The van der Waals surface area contributed by atoms with E-state index < -0.39 is 0 Å². The van der Waals surface area contributed by atoms with Crippen LogP contribution in [0.5, 0.6) is 0 Å². The molecule has 1 aliphatic heterocycles. The summed E-state index contributed by atoms with van der Waals surface area (Å²) in [5.74, 6) is -0.218. The van der Waals surface area contributed by atoms with Crippen molar-refractivity contribution in [1.29, 1.82) is 0 Å². The summed E-state index contributed by atoms with van der Waals surface area (Å²) in [5, 5.41) is 6.43. The molecule has 0 radical (unpaired) electrons. The SMILES string of the molecule is CCN(CC)Cc1ccc(N/C(=C2\C(=O)Nc3ccc(C(C)=O)cc32)c2ccccc2)cc1. The molecule has 2 N–H and O–H groups in total. The number of carbonyl (C=O) groups is 2. The Hall–Kier alpha value is -3.70. The Balaban J connectivity index is 1.75. The number of Topliss-reactive ketones (excluding diaryl/α,β-unsaturated/α-hetero) is 1. The fraction of sp³-hybridized carbons (Fsp3) is 0.214. The number of rotatable bonds is 8. The number of benzene rings is 3. The summed E-state index contributed by atoms with van der Waals surface area (Å²) in [7, 11) is 0. The Bertz CT molecular complexity index is 1190. The lowest BCUT2D eigenvalue weighted by molar-refractivity contribution is -0.110. The van der Waals surface area contributed by atoms with Gasteiger partial charge in [-0.25, -0.2) is 0 Å². The standard InChI is InChI=1S/C28H29N3O2/c1-4-31(5-2)18-20-11-14-23(15-12-20)29-27(21-9-7-6-8-10-21)26-24-17-22(19(3)32)13-16-25(24)30-28(26)33/h6-17,29H,4-5,18H2,1-3H3,(H,30,33)/b27-26-. The predicted octanol–water partition coefficient (Wildman–Crippen LogP) is 5.66. The van der Waals surface area contributed by atoms with E-state index in [1.807, 2.05) is 42.5 Å². The van der Waals surface area contributed by atoms with Crippen molar-refractivity contribution in [2.24, 2.45) is 0 Å². The third kappa shape index (κ3) is 4.89. The molecule has 0 aromatic heterocycles. The maximum Gasteiger partial charge on any atom is 0.258 e. The van der Waals surface area contributed by atoms with Crippen molar-refractivity contribution in [2.75, 3.05) is 23.7 Å². The molecule has 4 rings (SSSR count). The molecule has 3 aromatic rings. The largest absolute Gasteiger partial charge is 0.354 e. The van der Waals surface area contributed by atoms with E-state index in [1.165, 1.54) is 12.5 Å². The Morgan fingerprint density at radius 3 is 2.24 bits per heavy atom. The molecule has 1 heterocycles. The van der Waals surface area contributed by atoms with Gasteiger partial charge in [0, 0.05) is 29.0 Å². The van der Waals surface area contributed by atoms with Crippen LogP contribution in [0, 0.1) is 0 Å². The minimum Gasteiger partial charge on any atom is -0.354 e. The summed E-state index contributed by atoms with van der Waals surface area (Å²) in [4.78, 5) is 27.4. The highest BCUT2D eigenvalue weighted by Crippen LogP contribution is 2.38. The van der Waals surface area contributed by atoms with Gasteiger partial charge in [0.15, 0.2) is 5.78 Å². The minimum absolute atomic E-state index is 0.0329. The van der Waals surface area contributed by atoms with Crippen molar-refractivity contribution in [3.8, 4) is 0 Å². The average Bonchev–Trinajstić information content (AvgIpc) is 3.17. The van der Waals surface area contributed by atoms with Gasteiger partial charge in [-0.3, -0.25) is 14.5 Å². The lowest BCUT2D eigenvalue weighted by Crippen LogP contribution is -2.22. The van der Waals surface area contributed by atoms with Crippen LogP contribution in [-0.2, 0) is 11.3 Å². The summed E-state index contributed by atoms with van der Waals surface area (Å²) in [6, 6.07) is 23.5. The zero-order chi connectivity index (χ0) is 23.4. The number of anilines is 2. The number of carbonyl (C=O) groups excluding carboxylic acids is 2. The van der Waals surface area contributed by atoms with Gasteiger partial charge in [0.05, 0.1) is 11.3 Å². The monoisotopic (exact) mass is 439 g/mol. The molecule has 0 spiro atoms. The summed E-state index contributed by atoms with van der Waals surface area (Å²) >= 11 is 0. The highest BCUT2D eigenvalue weighted by molar-refractivity contribution is 6.37. The zero-order valence-corrected chi connectivity index (χ0v) is 19.3. The number of nitrogens with one attached hydrogen (secondary N) is 2. The minimum atomic E-state index is -0.185. The topological polar surface area (TPSA) is 61.4 Å². The van der Waals surface area contributed by atoms with Gasteiger partial charge in [-0.15, -0.1) is 0 Å². The molecule has 33 heavy (non-hydrogen) atoms. The number of hydrogen-bond acceptors (Lipinski definition) is 4. The predicted molar refractivity (Wildman–Crippen MR) is 135 cm³/mol. The lowest BCUT2D eigenvalue weighted by Gasteiger charge is -2.19. The van der Waals surface area contributed by atoms with Crippen molar-refractivity contribution >= 4 is 34.3 Å². The van der Waals surface area contributed by atoms with Crippen molar-refractivity contribution < 1.29 is 9.59 Å². The second-order valence-corrected chi connectivity index (χ2v) is 8.17. The molecule has 0 unspecified atom stereocenters. The first-order valence-electron chi connectivity index (χ1n) is 11.3. The lowest BCUT2D eigenvalue weighted by atomic mass is 9.97. The van der Waals surface area contributed by atoms with Crippen LogP contribution < -0.4 is 10.6 Å². The third-order valence-corrected chi connectivity index (χ3v) is 6.01. The first-order valence-corrected chi connectivity index (χ1v) is 11.3. The molecule has 0 aliphatic carbocycles. The number of nitrogens with zero attached hydrogens (tertiary/aromatic N) is 1. The second-order valence-electron chi connectivity index (χ2n) is 8.17. The first-order chi connectivity index (χ1) is 16.0. The molecule has 0 fully saturated rings. The van der Waals surface area contributed by atoms with Crippen molar-refractivity contribution in [3.63, 3.8) is 0 Å². The number of amides is 1. The Morgan fingerprint density at radius 2 is 1.61 bits per heavy atom. The second kappa shape index (κ2) is 9.84. The van der Waals surface area contributed by atoms with Crippen LogP contribution in [-0.4, -0.2) is 29.7 Å². The van der Waals surface area contributed by atoms with Crippen LogP contribution in [0.4, 0.5) is 11.4 Å². The molecule has 0 saturated carbocycles. The molecular formula is C28H29N3O2. The van der Waals surface area contributed by atoms with Gasteiger partial charge in [0.1, 0.15) is 0 Å². The van der Waals surface area contributed by atoms with Crippen LogP contribution in [0.2, 0.25) is 0 Å². The first kappa shape index (κ1) is 22.5. The molecule has 0 bridgehead atoms. The van der Waals surface area contributed by atoms with E-state index in [-0.39, 0.29) is 11.7 Å². The van der Waals surface area contributed by atoms with Gasteiger partial charge < -0.3 is 10.6 Å². The summed E-state index contributed by atoms with van der Waals surface area (Å²) in [5.41, 5.74) is 6.31. The smallest absolute Gasteiger partial charge is 0.258 e. The number of hydrogen-bond donors (Lipinski definition) is 2. The summed E-state index contributed by atoms with van der Waals surface area (Å²) in [6.45, 7) is 8.80. The summed E-state index contributed by atoms with van der Waals surface area (Å²) < 4.78 is 0. The van der Waals surface area contributed by atoms with Crippen molar-refractivity contribution in [3.05, 3.63) is 95.1 Å². The Kier molecular flexibility index (Phi) is 6.71. The Labute approximate surface area is 195 Å². The van der Waals surface area contributed by atoms with Gasteiger partial charge >= 0.3 is 0 Å². The van der Waals surface area contributed by atoms with Crippen LogP contribution >= 0.6 is 0 Å². The van der Waals surface area contributed by atoms with Crippen LogP contribution in [0.15, 0.2) is 72.8 Å². The number of ketones is 1. The van der Waals surface area contributed by atoms with E-state index in [1.54, 1.807) is 18.2 Å². The van der Waals surface area contributed by atoms with Crippen LogP contribution in [0.3, 0.4) is 0 Å². The normalized spacial score (nSPS) is 14.1. The zero-order valence-electron chi connectivity index (χ0n) is 19.3. The average molecular weight is 440 g/mol. The maximum absolute atomic E-state index is 13.1. The quantitative estimate of drug-likeness (QED) is 0.351. The fourth-order valence-electron chi connectivity index (χ4n) is 4.06. The maximum atomic E-state index is 13.1. The van der Waals surface area contributed by atoms with E-state index in [2.05, 4.69) is 41.5 Å². The van der Waals surface area contributed by atoms with E-state index in [0.717, 1.165) is 36.4 Å².